The van der Waals surface area contributed by atoms with Gasteiger partial charge < -0.3 is 28.4 Å². The number of fused-ring (bicyclic) bond motifs is 1. The maximum absolute atomic E-state index is 6.01. The van der Waals surface area contributed by atoms with Gasteiger partial charge in [0.15, 0.2) is 0 Å². The maximum atomic E-state index is 6.01. The van der Waals surface area contributed by atoms with E-state index < -0.39 is 0 Å². The van der Waals surface area contributed by atoms with E-state index in [0.717, 1.165) is 56.8 Å². The highest BCUT2D eigenvalue weighted by Crippen LogP contribution is 2.56. The molecule has 0 amide bonds. The normalized spacial score (nSPS) is 14.0. The molecule has 0 radical (unpaired) electrons. The Morgan fingerprint density at radius 3 is 1.57 bits per heavy atom. The minimum atomic E-state index is -0.151. The van der Waals surface area contributed by atoms with Crippen molar-refractivity contribution in [2.24, 2.45) is 0 Å². The molecule has 206 valence electrons. The first-order valence-electron chi connectivity index (χ1n) is 13.0. The molecule has 0 fully saturated rings. The van der Waals surface area contributed by atoms with Gasteiger partial charge in [-0.3, -0.25) is 0 Å². The number of rotatable bonds is 10. The molecule has 6 nitrogen and oxygen atoms in total. The summed E-state index contributed by atoms with van der Waals surface area (Å²) in [5.74, 6) is 4.42. The molecule has 0 saturated heterocycles. The summed E-state index contributed by atoms with van der Waals surface area (Å²) < 4.78 is 34.0. The summed E-state index contributed by atoms with van der Waals surface area (Å²) in [5.41, 5.74) is 7.82. The molecule has 0 bridgehead atoms. The monoisotopic (exact) mass is 538 g/mol. The van der Waals surface area contributed by atoms with Crippen LogP contribution in [-0.2, 0) is 6.42 Å². The van der Waals surface area contributed by atoms with Crippen LogP contribution in [0.2, 0.25) is 0 Å². The summed E-state index contributed by atoms with van der Waals surface area (Å²) in [5, 5.41) is 0. The first-order chi connectivity index (χ1) is 19.5. The van der Waals surface area contributed by atoms with E-state index in [1.165, 1.54) is 16.7 Å². The van der Waals surface area contributed by atoms with Gasteiger partial charge >= 0.3 is 0 Å². The van der Waals surface area contributed by atoms with Crippen molar-refractivity contribution in [3.05, 3.63) is 107 Å². The molecule has 0 spiro atoms. The fraction of sp³-hybridized carbons (Fsp3) is 0.235. The van der Waals surface area contributed by atoms with E-state index in [4.69, 9.17) is 28.4 Å². The largest absolute Gasteiger partial charge is 0.497 e. The smallest absolute Gasteiger partial charge is 0.127 e. The van der Waals surface area contributed by atoms with Crippen molar-refractivity contribution in [1.29, 1.82) is 0 Å². The number of hydrogen-bond acceptors (Lipinski definition) is 6. The Kier molecular flexibility index (Phi) is 7.87. The first-order valence-corrected chi connectivity index (χ1v) is 13.0. The van der Waals surface area contributed by atoms with Crippen LogP contribution in [-0.4, -0.2) is 42.7 Å². The zero-order valence-corrected chi connectivity index (χ0v) is 23.7. The topological polar surface area (TPSA) is 55.4 Å². The van der Waals surface area contributed by atoms with Crippen LogP contribution >= 0.6 is 0 Å². The van der Waals surface area contributed by atoms with E-state index >= 15 is 0 Å². The fourth-order valence-electron chi connectivity index (χ4n) is 5.48. The molecular weight excluding hydrogens is 504 g/mol. The molecule has 6 heteroatoms. The quantitative estimate of drug-likeness (QED) is 0.216. The van der Waals surface area contributed by atoms with Crippen LogP contribution in [0.3, 0.4) is 0 Å². The molecule has 1 aliphatic rings. The molecular formula is C34H34O6. The molecule has 0 aromatic heterocycles. The third-order valence-electron chi connectivity index (χ3n) is 7.45. The average Bonchev–Trinajstić information content (AvgIpc) is 3.34. The van der Waals surface area contributed by atoms with Gasteiger partial charge in [-0.2, -0.15) is 0 Å². The number of hydrogen-bond donors (Lipinski definition) is 0. The summed E-state index contributed by atoms with van der Waals surface area (Å²) in [6.45, 7) is 0. The third kappa shape index (κ3) is 5.05. The van der Waals surface area contributed by atoms with Crippen molar-refractivity contribution < 1.29 is 28.4 Å². The molecule has 4 aromatic rings. The van der Waals surface area contributed by atoms with Crippen LogP contribution in [0.15, 0.2) is 78.9 Å². The van der Waals surface area contributed by atoms with Gasteiger partial charge in [0.1, 0.15) is 34.5 Å². The second kappa shape index (κ2) is 11.7. The predicted octanol–water partition coefficient (Wildman–Crippen LogP) is 7.04. The molecule has 0 N–H and O–H groups in total. The molecule has 0 aliphatic heterocycles. The van der Waals surface area contributed by atoms with Crippen molar-refractivity contribution in [2.75, 3.05) is 42.7 Å². The van der Waals surface area contributed by atoms with Gasteiger partial charge in [0.25, 0.3) is 0 Å². The molecule has 40 heavy (non-hydrogen) atoms. The summed E-state index contributed by atoms with van der Waals surface area (Å²) in [6, 6.07) is 26.5. The van der Waals surface area contributed by atoms with Crippen LogP contribution in [0.25, 0.3) is 11.1 Å². The molecule has 5 rings (SSSR count). The lowest BCUT2D eigenvalue weighted by Gasteiger charge is -2.22. The number of benzene rings is 4. The van der Waals surface area contributed by atoms with Crippen LogP contribution in [0.5, 0.6) is 34.5 Å². The Balaban J connectivity index is 1.82. The Bertz CT molecular complexity index is 1500. The maximum Gasteiger partial charge on any atom is 0.127 e. The van der Waals surface area contributed by atoms with E-state index in [0.29, 0.717) is 6.42 Å². The van der Waals surface area contributed by atoms with Crippen molar-refractivity contribution in [2.45, 2.75) is 12.3 Å². The predicted molar refractivity (Wildman–Crippen MR) is 157 cm³/mol. The standard InChI is InChI=1S/C34H34O6/c1-35-24-11-7-21(8-12-24)15-29-30-19-28(39-5)20-31(40-6)34(30)33(23-16-26(37-3)18-27(17-23)38-4)32(29)22-9-13-25(36-2)14-10-22/h7-14,16-20,33H,15H2,1-6H3/t33-/m1/s1. The van der Waals surface area contributed by atoms with Crippen LogP contribution in [0, 0.1) is 0 Å². The summed E-state index contributed by atoms with van der Waals surface area (Å²) in [4.78, 5) is 0. The van der Waals surface area contributed by atoms with Crippen LogP contribution in [0.1, 0.15) is 33.7 Å². The van der Waals surface area contributed by atoms with E-state index in [9.17, 15) is 0 Å². The minimum absolute atomic E-state index is 0.151. The van der Waals surface area contributed by atoms with Gasteiger partial charge in [-0.05, 0) is 82.3 Å². The number of ether oxygens (including phenoxy) is 6. The van der Waals surface area contributed by atoms with E-state index in [2.05, 4.69) is 42.5 Å². The van der Waals surface area contributed by atoms with Crippen molar-refractivity contribution in [1.82, 2.24) is 0 Å². The second-order valence-electron chi connectivity index (χ2n) is 9.52. The third-order valence-corrected chi connectivity index (χ3v) is 7.45. The highest BCUT2D eigenvalue weighted by Gasteiger charge is 2.37. The highest BCUT2D eigenvalue weighted by molar-refractivity contribution is 6.03. The summed E-state index contributed by atoms with van der Waals surface area (Å²) in [6.07, 6.45) is 0.701. The van der Waals surface area contributed by atoms with E-state index in [1.807, 2.05) is 36.4 Å². The van der Waals surface area contributed by atoms with Gasteiger partial charge in [-0.1, -0.05) is 24.3 Å². The lowest BCUT2D eigenvalue weighted by molar-refractivity contribution is 0.389. The summed E-state index contributed by atoms with van der Waals surface area (Å²) in [7, 11) is 10.1. The average molecular weight is 539 g/mol. The molecule has 0 saturated carbocycles. The first kappa shape index (κ1) is 27.0. The van der Waals surface area contributed by atoms with E-state index in [1.54, 1.807) is 42.7 Å². The number of allylic oxidation sites excluding steroid dienone is 2. The Labute approximate surface area is 235 Å². The van der Waals surface area contributed by atoms with Gasteiger partial charge in [0.05, 0.1) is 42.7 Å². The molecule has 0 unspecified atom stereocenters. The van der Waals surface area contributed by atoms with Gasteiger partial charge in [0.2, 0.25) is 0 Å². The Hall–Kier alpha value is -4.58. The molecule has 0 heterocycles. The van der Waals surface area contributed by atoms with Crippen molar-refractivity contribution >= 4 is 11.1 Å². The second-order valence-corrected chi connectivity index (χ2v) is 9.52. The fourth-order valence-corrected chi connectivity index (χ4v) is 5.48. The zero-order valence-electron chi connectivity index (χ0n) is 23.7. The lowest BCUT2D eigenvalue weighted by atomic mass is 9.84. The molecule has 1 aliphatic carbocycles. The van der Waals surface area contributed by atoms with E-state index in [-0.39, 0.29) is 5.92 Å². The van der Waals surface area contributed by atoms with Crippen molar-refractivity contribution in [3.8, 4) is 34.5 Å². The number of methoxy groups -OCH3 is 6. The Morgan fingerprint density at radius 1 is 0.525 bits per heavy atom. The zero-order chi connectivity index (χ0) is 28.2. The SMILES string of the molecule is COc1ccc(CC2=C(c3ccc(OC)cc3)[C@@H](c3cc(OC)cc(OC)c3)c3c(OC)cc(OC)cc32)cc1. The molecule has 1 atom stereocenters. The van der Waals surface area contributed by atoms with Gasteiger partial charge in [-0.25, -0.2) is 0 Å². The molecule has 4 aromatic carbocycles. The van der Waals surface area contributed by atoms with Gasteiger partial charge in [0, 0.05) is 23.6 Å². The lowest BCUT2D eigenvalue weighted by Crippen LogP contribution is -2.05. The van der Waals surface area contributed by atoms with Crippen LogP contribution in [0.4, 0.5) is 0 Å². The summed E-state index contributed by atoms with van der Waals surface area (Å²) >= 11 is 0. The minimum Gasteiger partial charge on any atom is -0.497 e. The van der Waals surface area contributed by atoms with Crippen molar-refractivity contribution in [3.63, 3.8) is 0 Å². The van der Waals surface area contributed by atoms with Crippen LogP contribution < -0.4 is 28.4 Å². The van der Waals surface area contributed by atoms with Gasteiger partial charge in [-0.15, -0.1) is 0 Å². The highest BCUT2D eigenvalue weighted by atomic mass is 16.5. The Morgan fingerprint density at radius 2 is 1.05 bits per heavy atom.